The van der Waals surface area contributed by atoms with Crippen LogP contribution in [0.4, 0.5) is 0 Å². The summed E-state index contributed by atoms with van der Waals surface area (Å²) < 4.78 is 29.6. The van der Waals surface area contributed by atoms with Crippen LogP contribution in [0.5, 0.6) is 0 Å². The third-order valence-electron chi connectivity index (χ3n) is 12.0. The molecule has 8 heteroatoms. The van der Waals surface area contributed by atoms with Gasteiger partial charge in [0, 0.05) is 57.2 Å². The van der Waals surface area contributed by atoms with Gasteiger partial charge in [-0.15, -0.1) is 0 Å². The Morgan fingerprint density at radius 1 is 0.442 bits per heavy atom. The predicted octanol–water partition coefficient (Wildman–Crippen LogP) is 8.77. The van der Waals surface area contributed by atoms with Crippen LogP contribution >= 0.6 is 0 Å². The number of fused-ring (bicyclic) bond motifs is 6. The molecule has 0 amide bonds. The van der Waals surface area contributed by atoms with Crippen LogP contribution in [0.1, 0.15) is 61.0 Å². The minimum Gasteiger partial charge on any atom is -0.399 e. The average Bonchev–Trinajstić information content (AvgIpc) is 3.74. The summed E-state index contributed by atoms with van der Waals surface area (Å²) in [5.74, 6) is 0. The maximum absolute atomic E-state index is 6.28. The smallest absolute Gasteiger partial charge is 0.399 e. The molecular formula is C44H48B2N2O4. The first-order valence-corrected chi connectivity index (χ1v) is 18.4. The second kappa shape index (κ2) is 12.4. The third kappa shape index (κ3) is 5.77. The molecule has 7 aromatic rings. The van der Waals surface area contributed by atoms with E-state index in [1.807, 2.05) is 0 Å². The fourth-order valence-electron chi connectivity index (χ4n) is 7.44. The van der Waals surface area contributed by atoms with E-state index >= 15 is 0 Å². The van der Waals surface area contributed by atoms with Gasteiger partial charge in [0.1, 0.15) is 0 Å². The zero-order chi connectivity index (χ0) is 36.6. The van der Waals surface area contributed by atoms with Crippen molar-refractivity contribution in [3.05, 3.63) is 121 Å². The van der Waals surface area contributed by atoms with Crippen LogP contribution in [-0.4, -0.2) is 45.8 Å². The molecule has 0 aliphatic carbocycles. The van der Waals surface area contributed by atoms with Gasteiger partial charge in [-0.2, -0.15) is 0 Å². The van der Waals surface area contributed by atoms with Crippen LogP contribution < -0.4 is 10.9 Å². The molecule has 2 saturated heterocycles. The lowest BCUT2D eigenvalue weighted by Crippen LogP contribution is -2.41. The lowest BCUT2D eigenvalue weighted by Gasteiger charge is -2.32. The molecule has 0 spiro atoms. The Hall–Kier alpha value is -4.33. The topological polar surface area (TPSA) is 46.8 Å². The Labute approximate surface area is 307 Å². The van der Waals surface area contributed by atoms with Crippen molar-refractivity contribution >= 4 is 68.8 Å². The Balaban J connectivity index is 0.000000153. The highest BCUT2D eigenvalue weighted by atomic mass is 16.7. The van der Waals surface area contributed by atoms with Crippen LogP contribution in [-0.2, 0) is 32.2 Å². The van der Waals surface area contributed by atoms with Crippen molar-refractivity contribution in [3.8, 4) is 0 Å². The molecule has 6 nitrogen and oxygen atoms in total. The maximum atomic E-state index is 6.28. The van der Waals surface area contributed by atoms with Crippen molar-refractivity contribution in [2.75, 3.05) is 0 Å². The van der Waals surface area contributed by atoms with E-state index in [1.54, 1.807) is 0 Å². The number of rotatable bonds is 4. The van der Waals surface area contributed by atoms with E-state index in [9.17, 15) is 0 Å². The second-order valence-electron chi connectivity index (χ2n) is 16.4. The van der Waals surface area contributed by atoms with Crippen molar-refractivity contribution in [1.82, 2.24) is 9.13 Å². The SMILES string of the molecule is CC1(C)OB(c2ccc3c(c2)c2ccccc2n3Cc2ccccc2)OC1(C)C.Cn1c2ccccc2c2cc(B3OC(C)(C)C(C)(C)O3)ccc21. The number of nitrogens with zero attached hydrogens (tertiary/aromatic N) is 2. The Morgan fingerprint density at radius 3 is 1.37 bits per heavy atom. The van der Waals surface area contributed by atoms with E-state index in [2.05, 4.69) is 187 Å². The number of hydrogen-bond acceptors (Lipinski definition) is 4. The van der Waals surface area contributed by atoms with Crippen molar-refractivity contribution in [3.63, 3.8) is 0 Å². The summed E-state index contributed by atoms with van der Waals surface area (Å²) in [6.07, 6.45) is 0. The zero-order valence-electron chi connectivity index (χ0n) is 31.9. The lowest BCUT2D eigenvalue weighted by atomic mass is 9.78. The van der Waals surface area contributed by atoms with Crippen LogP contribution in [0.15, 0.2) is 115 Å². The molecule has 0 saturated carbocycles. The average molecular weight is 691 g/mol. The van der Waals surface area contributed by atoms with Crippen LogP contribution in [0.2, 0.25) is 0 Å². The molecule has 0 radical (unpaired) electrons. The van der Waals surface area contributed by atoms with Gasteiger partial charge in [0.25, 0.3) is 0 Å². The highest BCUT2D eigenvalue weighted by molar-refractivity contribution is 6.63. The lowest BCUT2D eigenvalue weighted by molar-refractivity contribution is 0.00578. The third-order valence-corrected chi connectivity index (χ3v) is 12.0. The van der Waals surface area contributed by atoms with Gasteiger partial charge in [0.15, 0.2) is 0 Å². The molecule has 0 N–H and O–H groups in total. The highest BCUT2D eigenvalue weighted by Crippen LogP contribution is 2.38. The number of hydrogen-bond donors (Lipinski definition) is 0. The van der Waals surface area contributed by atoms with Crippen LogP contribution in [0.3, 0.4) is 0 Å². The van der Waals surface area contributed by atoms with E-state index in [0.717, 1.165) is 17.5 Å². The predicted molar refractivity (Wildman–Crippen MR) is 217 cm³/mol. The van der Waals surface area contributed by atoms with Crippen LogP contribution in [0.25, 0.3) is 43.6 Å². The summed E-state index contributed by atoms with van der Waals surface area (Å²) in [6.45, 7) is 17.6. The van der Waals surface area contributed by atoms with Gasteiger partial charge in [0.2, 0.25) is 0 Å². The number of aromatic nitrogens is 2. The summed E-state index contributed by atoms with van der Waals surface area (Å²) in [5, 5.41) is 5.01. The van der Waals surface area contributed by atoms with E-state index in [1.165, 1.54) is 49.2 Å². The molecule has 0 atom stereocenters. The normalized spacial score (nSPS) is 18.8. The second-order valence-corrected chi connectivity index (χ2v) is 16.4. The van der Waals surface area contributed by atoms with Gasteiger partial charge in [0.05, 0.1) is 22.4 Å². The van der Waals surface area contributed by atoms with E-state index in [-0.39, 0.29) is 36.6 Å². The van der Waals surface area contributed by atoms with Crippen molar-refractivity contribution in [2.24, 2.45) is 7.05 Å². The quantitative estimate of drug-likeness (QED) is 0.173. The van der Waals surface area contributed by atoms with Gasteiger partial charge in [-0.1, -0.05) is 91.0 Å². The first-order chi connectivity index (χ1) is 24.7. The molecule has 9 rings (SSSR count). The van der Waals surface area contributed by atoms with Gasteiger partial charge in [-0.25, -0.2) is 0 Å². The minimum atomic E-state index is -0.347. The first kappa shape index (κ1) is 34.7. The molecule has 264 valence electrons. The summed E-state index contributed by atoms with van der Waals surface area (Å²) in [7, 11) is 1.45. The molecule has 0 bridgehead atoms. The molecule has 2 aliphatic rings. The monoisotopic (exact) mass is 690 g/mol. The molecule has 0 unspecified atom stereocenters. The molecule has 2 fully saturated rings. The molecule has 2 aromatic heterocycles. The standard InChI is InChI=1S/C25H26BNO2.C19H22BNO2/c1-24(2)25(3,4)29-26(28-24)19-14-15-23-21(16-19)20-12-8-9-13-22(20)27(23)17-18-10-6-5-7-11-18;1-18(2)19(3,4)23-20(22-18)13-10-11-17-15(12-13)14-8-6-7-9-16(14)21(17)5/h5-16H,17H2,1-4H3;6-12H,1-5H3. The highest BCUT2D eigenvalue weighted by Gasteiger charge is 2.52. The van der Waals surface area contributed by atoms with Crippen molar-refractivity contribution < 1.29 is 18.6 Å². The number of benzene rings is 5. The van der Waals surface area contributed by atoms with E-state index in [4.69, 9.17) is 18.6 Å². The van der Waals surface area contributed by atoms with Gasteiger partial charge in [-0.05, 0) is 96.1 Å². The summed E-state index contributed by atoms with van der Waals surface area (Å²) in [4.78, 5) is 0. The number of aryl methyl sites for hydroxylation is 1. The fourth-order valence-corrected chi connectivity index (χ4v) is 7.44. The molecule has 52 heavy (non-hydrogen) atoms. The summed E-state index contributed by atoms with van der Waals surface area (Å²) in [5.41, 5.74) is 7.09. The maximum Gasteiger partial charge on any atom is 0.494 e. The van der Waals surface area contributed by atoms with Crippen LogP contribution in [0, 0.1) is 0 Å². The molecular weight excluding hydrogens is 642 g/mol. The van der Waals surface area contributed by atoms with Gasteiger partial charge < -0.3 is 27.8 Å². The Morgan fingerprint density at radius 2 is 0.827 bits per heavy atom. The Bertz CT molecular complexity index is 2410. The summed E-state index contributed by atoms with van der Waals surface area (Å²) >= 11 is 0. The molecule has 2 aliphatic heterocycles. The minimum absolute atomic E-state index is 0.314. The van der Waals surface area contributed by atoms with Crippen molar-refractivity contribution in [1.29, 1.82) is 0 Å². The fraction of sp³-hybridized carbons (Fsp3) is 0.318. The zero-order valence-corrected chi connectivity index (χ0v) is 31.9. The van der Waals surface area contributed by atoms with E-state index < -0.39 is 0 Å². The Kier molecular flexibility index (Phi) is 8.27. The van der Waals surface area contributed by atoms with Gasteiger partial charge >= 0.3 is 14.2 Å². The van der Waals surface area contributed by atoms with Crippen molar-refractivity contribution in [2.45, 2.75) is 84.3 Å². The van der Waals surface area contributed by atoms with E-state index in [0.29, 0.717) is 0 Å². The molecule has 5 aromatic carbocycles. The van der Waals surface area contributed by atoms with Gasteiger partial charge in [-0.3, -0.25) is 0 Å². The number of para-hydroxylation sites is 2. The molecule has 4 heterocycles. The summed E-state index contributed by atoms with van der Waals surface area (Å²) in [6, 6.07) is 40.8. The first-order valence-electron chi connectivity index (χ1n) is 18.4. The largest absolute Gasteiger partial charge is 0.494 e.